The first-order valence-electron chi connectivity index (χ1n) is 4.20. The highest BCUT2D eigenvalue weighted by Gasteiger charge is 2.17. The predicted molar refractivity (Wildman–Crippen MR) is 55.9 cm³/mol. The van der Waals surface area contributed by atoms with Crippen LogP contribution in [0.5, 0.6) is 0 Å². The SMILES string of the molecule is COC(=O)[C@@H](N)CCC(C)(C)C.Cl. The third kappa shape index (κ3) is 8.06. The molecule has 13 heavy (non-hydrogen) atoms. The molecule has 1 atom stereocenters. The quantitative estimate of drug-likeness (QED) is 0.721. The minimum atomic E-state index is -0.464. The molecule has 0 spiro atoms. The molecule has 0 saturated carbocycles. The van der Waals surface area contributed by atoms with Crippen molar-refractivity contribution < 1.29 is 9.53 Å². The molecular weight excluding hydrogens is 190 g/mol. The number of hydrogen-bond acceptors (Lipinski definition) is 3. The maximum absolute atomic E-state index is 10.9. The van der Waals surface area contributed by atoms with Gasteiger partial charge < -0.3 is 10.5 Å². The smallest absolute Gasteiger partial charge is 0.322 e. The maximum atomic E-state index is 10.9. The molecule has 0 aromatic rings. The summed E-state index contributed by atoms with van der Waals surface area (Å²) in [6.07, 6.45) is 1.62. The van der Waals surface area contributed by atoms with E-state index in [2.05, 4.69) is 25.5 Å². The number of rotatable bonds is 3. The van der Waals surface area contributed by atoms with Crippen LogP contribution in [-0.2, 0) is 9.53 Å². The molecule has 0 aromatic carbocycles. The van der Waals surface area contributed by atoms with Crippen molar-refractivity contribution in [3.05, 3.63) is 0 Å². The summed E-state index contributed by atoms with van der Waals surface area (Å²) >= 11 is 0. The van der Waals surface area contributed by atoms with Gasteiger partial charge in [-0.15, -0.1) is 12.4 Å². The number of carbonyl (C=O) groups excluding carboxylic acids is 1. The summed E-state index contributed by atoms with van der Waals surface area (Å²) in [6, 6.07) is -0.464. The molecule has 0 radical (unpaired) electrons. The number of methoxy groups -OCH3 is 1. The zero-order valence-corrected chi connectivity index (χ0v) is 9.61. The van der Waals surface area contributed by atoms with Crippen LogP contribution in [0, 0.1) is 5.41 Å². The summed E-state index contributed by atoms with van der Waals surface area (Å²) in [5.41, 5.74) is 5.79. The molecule has 0 aliphatic rings. The van der Waals surface area contributed by atoms with E-state index in [9.17, 15) is 4.79 Å². The zero-order chi connectivity index (χ0) is 9.78. The Morgan fingerprint density at radius 3 is 2.23 bits per heavy atom. The molecule has 3 nitrogen and oxygen atoms in total. The van der Waals surface area contributed by atoms with Crippen molar-refractivity contribution in [2.45, 2.75) is 39.7 Å². The molecule has 2 N–H and O–H groups in total. The van der Waals surface area contributed by atoms with Crippen LogP contribution in [0.25, 0.3) is 0 Å². The normalized spacial score (nSPS) is 13.0. The first kappa shape index (κ1) is 15.2. The molecule has 0 fully saturated rings. The number of carbonyl (C=O) groups is 1. The minimum absolute atomic E-state index is 0. The lowest BCUT2D eigenvalue weighted by molar-refractivity contribution is -0.142. The van der Waals surface area contributed by atoms with E-state index in [1.807, 2.05) is 0 Å². The number of hydrogen-bond donors (Lipinski definition) is 1. The molecule has 0 aliphatic heterocycles. The van der Waals surface area contributed by atoms with E-state index in [0.29, 0.717) is 6.42 Å². The lowest BCUT2D eigenvalue weighted by Crippen LogP contribution is -2.32. The molecule has 4 heteroatoms. The molecule has 0 bridgehead atoms. The highest BCUT2D eigenvalue weighted by molar-refractivity contribution is 5.85. The van der Waals surface area contributed by atoms with Crippen molar-refractivity contribution in [3.8, 4) is 0 Å². The summed E-state index contributed by atoms with van der Waals surface area (Å²) in [7, 11) is 1.36. The van der Waals surface area contributed by atoms with Crippen molar-refractivity contribution in [2.75, 3.05) is 7.11 Å². The largest absolute Gasteiger partial charge is 0.468 e. The highest BCUT2D eigenvalue weighted by Crippen LogP contribution is 2.21. The first-order chi connectivity index (χ1) is 5.37. The van der Waals surface area contributed by atoms with Crippen LogP contribution in [-0.4, -0.2) is 19.1 Å². The van der Waals surface area contributed by atoms with Crippen LogP contribution in [0.1, 0.15) is 33.6 Å². The van der Waals surface area contributed by atoms with Crippen molar-refractivity contribution in [3.63, 3.8) is 0 Å². The van der Waals surface area contributed by atoms with Gasteiger partial charge >= 0.3 is 5.97 Å². The van der Waals surface area contributed by atoms with Gasteiger partial charge in [0.2, 0.25) is 0 Å². The molecule has 0 heterocycles. The predicted octanol–water partition coefficient (Wildman–Crippen LogP) is 1.73. The third-order valence-electron chi connectivity index (χ3n) is 1.71. The molecule has 0 saturated heterocycles. The number of nitrogens with two attached hydrogens (primary N) is 1. The van der Waals surface area contributed by atoms with E-state index < -0.39 is 6.04 Å². The van der Waals surface area contributed by atoms with Crippen LogP contribution in [0.4, 0.5) is 0 Å². The molecule has 80 valence electrons. The Balaban J connectivity index is 0. The van der Waals surface area contributed by atoms with Gasteiger partial charge in [0.05, 0.1) is 7.11 Å². The van der Waals surface area contributed by atoms with E-state index >= 15 is 0 Å². The van der Waals surface area contributed by atoms with Gasteiger partial charge in [0.1, 0.15) is 6.04 Å². The summed E-state index contributed by atoms with van der Waals surface area (Å²) in [4.78, 5) is 10.9. The van der Waals surface area contributed by atoms with Crippen molar-refractivity contribution in [1.29, 1.82) is 0 Å². The van der Waals surface area contributed by atoms with Crippen LogP contribution < -0.4 is 5.73 Å². The van der Waals surface area contributed by atoms with Crippen LogP contribution in [0.3, 0.4) is 0 Å². The van der Waals surface area contributed by atoms with Gasteiger partial charge in [-0.05, 0) is 18.3 Å². The molecule has 0 unspecified atom stereocenters. The summed E-state index contributed by atoms with van der Waals surface area (Å²) in [6.45, 7) is 6.37. The molecule has 0 rings (SSSR count). The number of ether oxygens (including phenoxy) is 1. The van der Waals surface area contributed by atoms with E-state index in [-0.39, 0.29) is 23.8 Å². The van der Waals surface area contributed by atoms with Gasteiger partial charge in [-0.2, -0.15) is 0 Å². The third-order valence-corrected chi connectivity index (χ3v) is 1.71. The lowest BCUT2D eigenvalue weighted by Gasteiger charge is -2.19. The van der Waals surface area contributed by atoms with Gasteiger partial charge in [-0.1, -0.05) is 20.8 Å². The van der Waals surface area contributed by atoms with E-state index in [0.717, 1.165) is 6.42 Å². The van der Waals surface area contributed by atoms with E-state index in [1.54, 1.807) is 0 Å². The fraction of sp³-hybridized carbons (Fsp3) is 0.889. The fourth-order valence-electron chi connectivity index (χ4n) is 0.858. The van der Waals surface area contributed by atoms with Crippen LogP contribution in [0.15, 0.2) is 0 Å². The topological polar surface area (TPSA) is 52.3 Å². The summed E-state index contributed by atoms with van der Waals surface area (Å²) in [5.74, 6) is -0.320. The van der Waals surface area contributed by atoms with Crippen molar-refractivity contribution in [1.82, 2.24) is 0 Å². The molecule has 0 aliphatic carbocycles. The number of halogens is 1. The van der Waals surface area contributed by atoms with Crippen molar-refractivity contribution >= 4 is 18.4 Å². The summed E-state index contributed by atoms with van der Waals surface area (Å²) in [5, 5.41) is 0. The Kier molecular flexibility index (Phi) is 7.27. The second kappa shape index (κ2) is 6.22. The second-order valence-electron chi connectivity index (χ2n) is 4.23. The van der Waals surface area contributed by atoms with Crippen LogP contribution >= 0.6 is 12.4 Å². The monoisotopic (exact) mass is 209 g/mol. The zero-order valence-electron chi connectivity index (χ0n) is 8.79. The first-order valence-corrected chi connectivity index (χ1v) is 4.20. The van der Waals surface area contributed by atoms with Gasteiger partial charge in [0.25, 0.3) is 0 Å². The molecule has 0 amide bonds. The Morgan fingerprint density at radius 1 is 1.46 bits per heavy atom. The Hall–Kier alpha value is -0.280. The molecule has 0 aromatic heterocycles. The maximum Gasteiger partial charge on any atom is 0.322 e. The fourth-order valence-corrected chi connectivity index (χ4v) is 0.858. The Morgan fingerprint density at radius 2 is 1.92 bits per heavy atom. The van der Waals surface area contributed by atoms with Gasteiger partial charge in [-0.25, -0.2) is 0 Å². The average molecular weight is 210 g/mol. The van der Waals surface area contributed by atoms with E-state index in [4.69, 9.17) is 5.73 Å². The van der Waals surface area contributed by atoms with Gasteiger partial charge in [-0.3, -0.25) is 4.79 Å². The van der Waals surface area contributed by atoms with Crippen LogP contribution in [0.2, 0.25) is 0 Å². The Bertz CT molecular complexity index is 154. The average Bonchev–Trinajstić information content (AvgIpc) is 1.97. The second-order valence-corrected chi connectivity index (χ2v) is 4.23. The minimum Gasteiger partial charge on any atom is -0.468 e. The van der Waals surface area contributed by atoms with E-state index in [1.165, 1.54) is 7.11 Å². The van der Waals surface area contributed by atoms with Crippen molar-refractivity contribution in [2.24, 2.45) is 11.1 Å². The summed E-state index contributed by atoms with van der Waals surface area (Å²) < 4.78 is 4.51. The lowest BCUT2D eigenvalue weighted by atomic mass is 9.89. The van der Waals surface area contributed by atoms with Gasteiger partial charge in [0, 0.05) is 0 Å². The standard InChI is InChI=1S/C9H19NO2.ClH/c1-9(2,3)6-5-7(10)8(11)12-4;/h7H,5-6,10H2,1-4H3;1H/t7-;/m0./s1. The molecular formula is C9H20ClNO2. The number of esters is 1. The van der Waals surface area contributed by atoms with Gasteiger partial charge in [0.15, 0.2) is 0 Å². The Labute approximate surface area is 86.4 Å². The highest BCUT2D eigenvalue weighted by atomic mass is 35.5.